The number of hydrogen-bond donors (Lipinski definition) is 1. The van der Waals surface area contributed by atoms with Gasteiger partial charge in [-0.3, -0.25) is 9.36 Å². The highest BCUT2D eigenvalue weighted by Crippen LogP contribution is 2.22. The van der Waals surface area contributed by atoms with Crippen LogP contribution in [0, 0.1) is 5.82 Å². The minimum atomic E-state index is -0.789. The van der Waals surface area contributed by atoms with Crippen LogP contribution in [0.3, 0.4) is 0 Å². The van der Waals surface area contributed by atoms with Gasteiger partial charge in [-0.2, -0.15) is 0 Å². The molecule has 0 unspecified atom stereocenters. The van der Waals surface area contributed by atoms with Gasteiger partial charge in [-0.25, -0.2) is 9.37 Å². The molecule has 0 aliphatic rings. The Balaban J connectivity index is 2.03. The first-order chi connectivity index (χ1) is 11.1. The fraction of sp³-hybridized carbons (Fsp3) is 0.0588. The summed E-state index contributed by atoms with van der Waals surface area (Å²) in [5.41, 5.74) is 1.07. The van der Waals surface area contributed by atoms with E-state index >= 15 is 0 Å². The van der Waals surface area contributed by atoms with Crippen molar-refractivity contribution in [1.29, 1.82) is 0 Å². The smallest absolute Gasteiger partial charge is 0.261 e. The van der Waals surface area contributed by atoms with E-state index in [0.29, 0.717) is 10.6 Å². The van der Waals surface area contributed by atoms with Crippen molar-refractivity contribution in [2.24, 2.45) is 0 Å². The van der Waals surface area contributed by atoms with Gasteiger partial charge in [0.15, 0.2) is 11.6 Å². The standard InChI is InChI=1S/C17H12ClFN2O2/c18-14-4-2-1-3-12(14)9-21-10-20-8-13(17(21)23)11-5-6-16(22)15(19)7-11/h1-8,10,22H,9H2. The molecule has 0 aliphatic carbocycles. The Hall–Kier alpha value is -2.66. The highest BCUT2D eigenvalue weighted by atomic mass is 35.5. The summed E-state index contributed by atoms with van der Waals surface area (Å²) >= 11 is 6.11. The Morgan fingerprint density at radius 2 is 2.00 bits per heavy atom. The van der Waals surface area contributed by atoms with Crippen LogP contribution in [0.5, 0.6) is 5.75 Å². The third-order valence-electron chi connectivity index (χ3n) is 3.46. The number of rotatable bonds is 3. The van der Waals surface area contributed by atoms with Crippen molar-refractivity contribution in [3.05, 3.63) is 81.7 Å². The van der Waals surface area contributed by atoms with Crippen LogP contribution >= 0.6 is 11.6 Å². The van der Waals surface area contributed by atoms with Crippen LogP contribution in [0.15, 0.2) is 59.8 Å². The molecule has 1 aromatic heterocycles. The number of benzene rings is 2. The number of aromatic nitrogens is 2. The lowest BCUT2D eigenvalue weighted by atomic mass is 10.1. The van der Waals surface area contributed by atoms with Crippen molar-refractivity contribution in [1.82, 2.24) is 9.55 Å². The van der Waals surface area contributed by atoms with Crippen molar-refractivity contribution in [2.75, 3.05) is 0 Å². The summed E-state index contributed by atoms with van der Waals surface area (Å²) in [6, 6.07) is 11.0. The van der Waals surface area contributed by atoms with Gasteiger partial charge in [0, 0.05) is 11.2 Å². The second kappa shape index (κ2) is 6.22. The first-order valence-corrected chi connectivity index (χ1v) is 7.21. The molecule has 0 saturated carbocycles. The van der Waals surface area contributed by atoms with Crippen LogP contribution in [-0.2, 0) is 6.54 Å². The van der Waals surface area contributed by atoms with E-state index in [9.17, 15) is 14.3 Å². The molecule has 3 rings (SSSR count). The summed E-state index contributed by atoms with van der Waals surface area (Å²) in [5, 5.41) is 9.81. The number of nitrogens with zero attached hydrogens (tertiary/aromatic N) is 2. The average molecular weight is 331 g/mol. The Labute approximate surface area is 136 Å². The van der Waals surface area contributed by atoms with Crippen molar-refractivity contribution >= 4 is 11.6 Å². The molecule has 3 aromatic rings. The van der Waals surface area contributed by atoms with Crippen molar-refractivity contribution in [2.45, 2.75) is 6.54 Å². The van der Waals surface area contributed by atoms with Gasteiger partial charge in [0.1, 0.15) is 0 Å². The maximum atomic E-state index is 13.5. The molecule has 0 amide bonds. The molecule has 1 N–H and O–H groups in total. The average Bonchev–Trinajstić information content (AvgIpc) is 2.54. The van der Waals surface area contributed by atoms with Crippen LogP contribution in [0.4, 0.5) is 4.39 Å². The maximum Gasteiger partial charge on any atom is 0.261 e. The molecular weight excluding hydrogens is 319 g/mol. The van der Waals surface area contributed by atoms with Gasteiger partial charge in [0.2, 0.25) is 0 Å². The lowest BCUT2D eigenvalue weighted by Crippen LogP contribution is -2.22. The van der Waals surface area contributed by atoms with E-state index in [4.69, 9.17) is 11.6 Å². The predicted octanol–water partition coefficient (Wildman–Crippen LogP) is 3.46. The quantitative estimate of drug-likeness (QED) is 0.800. The molecule has 2 aromatic carbocycles. The fourth-order valence-electron chi connectivity index (χ4n) is 2.25. The summed E-state index contributed by atoms with van der Waals surface area (Å²) in [6.07, 6.45) is 2.78. The van der Waals surface area contributed by atoms with Crippen molar-refractivity contribution < 1.29 is 9.50 Å². The molecule has 0 radical (unpaired) electrons. The van der Waals surface area contributed by atoms with Crippen LogP contribution in [0.2, 0.25) is 5.02 Å². The SMILES string of the molecule is O=c1c(-c2ccc(O)c(F)c2)cncn1Cc1ccccc1Cl. The zero-order chi connectivity index (χ0) is 16.4. The van der Waals surface area contributed by atoms with Gasteiger partial charge < -0.3 is 5.11 Å². The highest BCUT2D eigenvalue weighted by Gasteiger charge is 2.10. The minimum Gasteiger partial charge on any atom is -0.505 e. The number of hydrogen-bond acceptors (Lipinski definition) is 3. The Kier molecular flexibility index (Phi) is 4.12. The molecular formula is C17H12ClFN2O2. The molecule has 1 heterocycles. The topological polar surface area (TPSA) is 55.1 Å². The normalized spacial score (nSPS) is 10.7. The van der Waals surface area contributed by atoms with E-state index in [1.165, 1.54) is 29.2 Å². The maximum absolute atomic E-state index is 13.5. The second-order valence-corrected chi connectivity index (χ2v) is 5.41. The first-order valence-electron chi connectivity index (χ1n) is 6.83. The molecule has 0 fully saturated rings. The second-order valence-electron chi connectivity index (χ2n) is 5.00. The van der Waals surface area contributed by atoms with Gasteiger partial charge in [0.05, 0.1) is 18.4 Å². The Morgan fingerprint density at radius 1 is 1.22 bits per heavy atom. The molecule has 0 aliphatic heterocycles. The third kappa shape index (κ3) is 3.10. The van der Waals surface area contributed by atoms with E-state index in [-0.39, 0.29) is 17.7 Å². The summed E-state index contributed by atoms with van der Waals surface area (Å²) in [4.78, 5) is 16.6. The van der Waals surface area contributed by atoms with Gasteiger partial charge in [0.25, 0.3) is 5.56 Å². The molecule has 23 heavy (non-hydrogen) atoms. The van der Waals surface area contributed by atoms with Gasteiger partial charge in [-0.15, -0.1) is 0 Å². The molecule has 0 bridgehead atoms. The monoisotopic (exact) mass is 330 g/mol. The summed E-state index contributed by atoms with van der Waals surface area (Å²) in [7, 11) is 0. The summed E-state index contributed by atoms with van der Waals surface area (Å²) in [6.45, 7) is 0.264. The fourth-order valence-corrected chi connectivity index (χ4v) is 2.44. The van der Waals surface area contributed by atoms with Gasteiger partial charge >= 0.3 is 0 Å². The highest BCUT2D eigenvalue weighted by molar-refractivity contribution is 6.31. The predicted molar refractivity (Wildman–Crippen MR) is 86.1 cm³/mol. The third-order valence-corrected chi connectivity index (χ3v) is 3.83. The molecule has 6 heteroatoms. The lowest BCUT2D eigenvalue weighted by Gasteiger charge is -2.09. The summed E-state index contributed by atoms with van der Waals surface area (Å²) < 4.78 is 14.9. The largest absolute Gasteiger partial charge is 0.505 e. The van der Waals surface area contributed by atoms with Crippen LogP contribution in [0.1, 0.15) is 5.56 Å². The van der Waals surface area contributed by atoms with E-state index in [1.807, 2.05) is 18.2 Å². The number of phenols is 1. The van der Waals surface area contributed by atoms with Crippen LogP contribution in [0.25, 0.3) is 11.1 Å². The minimum absolute atomic E-state index is 0.249. The summed E-state index contributed by atoms with van der Waals surface area (Å²) in [5.74, 6) is -1.25. The number of halogens is 2. The van der Waals surface area contributed by atoms with E-state index in [2.05, 4.69) is 4.98 Å². The van der Waals surface area contributed by atoms with Crippen molar-refractivity contribution in [3.63, 3.8) is 0 Å². The molecule has 116 valence electrons. The van der Waals surface area contributed by atoms with Crippen LogP contribution < -0.4 is 5.56 Å². The molecule has 0 atom stereocenters. The first kappa shape index (κ1) is 15.2. The zero-order valence-corrected chi connectivity index (χ0v) is 12.7. The number of aromatic hydroxyl groups is 1. The molecule has 0 saturated heterocycles. The van der Waals surface area contributed by atoms with Crippen molar-refractivity contribution in [3.8, 4) is 16.9 Å². The Morgan fingerprint density at radius 3 is 2.74 bits per heavy atom. The van der Waals surface area contributed by atoms with E-state index in [1.54, 1.807) is 6.07 Å². The molecule has 4 nitrogen and oxygen atoms in total. The number of phenolic OH excluding ortho intramolecular Hbond substituents is 1. The van der Waals surface area contributed by atoms with Gasteiger partial charge in [-0.1, -0.05) is 35.9 Å². The zero-order valence-electron chi connectivity index (χ0n) is 11.9. The van der Waals surface area contributed by atoms with Gasteiger partial charge in [-0.05, 0) is 29.3 Å². The lowest BCUT2D eigenvalue weighted by molar-refractivity contribution is 0.432. The van der Waals surface area contributed by atoms with E-state index in [0.717, 1.165) is 11.6 Å². The van der Waals surface area contributed by atoms with Crippen LogP contribution in [-0.4, -0.2) is 14.7 Å². The molecule has 0 spiro atoms. The Bertz CT molecular complexity index is 924. The van der Waals surface area contributed by atoms with E-state index < -0.39 is 11.6 Å².